The zero-order valence-electron chi connectivity index (χ0n) is 32.7. The Labute approximate surface area is 329 Å². The Kier molecular flexibility index (Phi) is 11.4. The summed E-state index contributed by atoms with van der Waals surface area (Å²) in [6, 6.07) is 36.6. The molecule has 6 unspecified atom stereocenters. The van der Waals surface area contributed by atoms with Gasteiger partial charge in [0.15, 0.2) is 5.78 Å². The highest BCUT2D eigenvalue weighted by atomic mass is 16.7. The van der Waals surface area contributed by atoms with Crippen LogP contribution in [0.5, 0.6) is 0 Å². The Morgan fingerprint density at radius 1 is 0.536 bits per heavy atom. The quantitative estimate of drug-likeness (QED) is 0.113. The topological polar surface area (TPSA) is 106 Å². The van der Waals surface area contributed by atoms with Crippen molar-refractivity contribution >= 4 is 39.0 Å². The molecule has 1 aliphatic carbocycles. The first-order chi connectivity index (χ1) is 27.5. The number of benzene rings is 3. The lowest BCUT2D eigenvalue weighted by Gasteiger charge is -2.10. The van der Waals surface area contributed by atoms with Gasteiger partial charge in [0.25, 0.3) is 0 Å². The van der Waals surface area contributed by atoms with Gasteiger partial charge in [-0.1, -0.05) is 120 Å². The molecule has 3 saturated heterocycles. The first-order valence-corrected chi connectivity index (χ1v) is 20.4. The maximum Gasteiger partial charge on any atom is 0.180 e. The summed E-state index contributed by atoms with van der Waals surface area (Å²) >= 11 is 0. The van der Waals surface area contributed by atoms with Gasteiger partial charge in [-0.2, -0.15) is 0 Å². The second kappa shape index (κ2) is 16.9. The second-order valence-corrected chi connectivity index (χ2v) is 14.9. The van der Waals surface area contributed by atoms with Crippen LogP contribution < -0.4 is 0 Å². The number of nitrogens with zero attached hydrogens (tertiary/aromatic N) is 4. The van der Waals surface area contributed by atoms with Gasteiger partial charge in [0.1, 0.15) is 42.3 Å². The number of hydrogen-bond acceptors (Lipinski definition) is 8. The number of ether oxygens (including phenoxy) is 3. The number of Topliss-reactive ketones (excluding diaryl/α,β-unsaturated/α-hetero) is 1. The Morgan fingerprint density at radius 2 is 1.14 bits per heavy atom. The molecule has 8 heteroatoms. The molecule has 3 aromatic carbocycles. The molecule has 0 radical (unpaired) electrons. The number of aliphatic imine (C=N–C) groups is 1. The average Bonchev–Trinajstić information content (AvgIpc) is 4.10. The highest BCUT2D eigenvalue weighted by Crippen LogP contribution is 2.60. The third-order valence-electron chi connectivity index (χ3n) is 10.7. The number of para-hydroxylation sites is 3. The predicted molar refractivity (Wildman–Crippen MR) is 222 cm³/mol. The summed E-state index contributed by atoms with van der Waals surface area (Å²) in [5.74, 6) is 0.0933. The number of aryl methyl sites for hydroxylation is 2. The molecule has 8 nitrogen and oxygen atoms in total. The van der Waals surface area contributed by atoms with Gasteiger partial charge in [0.05, 0.1) is 28.1 Å². The van der Waals surface area contributed by atoms with Crippen molar-refractivity contribution in [2.24, 2.45) is 4.99 Å². The third-order valence-corrected chi connectivity index (χ3v) is 10.7. The molecule has 3 fully saturated rings. The van der Waals surface area contributed by atoms with Gasteiger partial charge in [-0.15, -0.1) is 0 Å². The number of hydrogen-bond donors (Lipinski definition) is 0. The Morgan fingerprint density at radius 3 is 1.88 bits per heavy atom. The fourth-order valence-corrected chi connectivity index (χ4v) is 7.62. The number of fused-ring (bicyclic) bond motifs is 11. The molecule has 7 heterocycles. The van der Waals surface area contributed by atoms with E-state index in [-0.39, 0.29) is 18.0 Å². The SMILES string of the molecule is CCC(=O)c1ccc2ccccc2n1.CCCC1=Nc2ccccc2C2OC12.CCCc1ccc2c(n1)C1OC1C1OC21.CCCc1ccc2ccccc2n1. The summed E-state index contributed by atoms with van der Waals surface area (Å²) in [7, 11) is 0. The van der Waals surface area contributed by atoms with Crippen molar-refractivity contribution in [2.45, 2.75) is 109 Å². The van der Waals surface area contributed by atoms with Gasteiger partial charge in [0, 0.05) is 39.7 Å². The minimum atomic E-state index is 0.0933. The lowest BCUT2D eigenvalue weighted by molar-refractivity contribution is 0.0983. The molecule has 5 aliphatic rings. The van der Waals surface area contributed by atoms with Crippen LogP contribution >= 0.6 is 0 Å². The van der Waals surface area contributed by atoms with E-state index in [1.165, 1.54) is 33.6 Å². The predicted octanol–water partition coefficient (Wildman–Crippen LogP) is 11.0. The van der Waals surface area contributed by atoms with E-state index in [4.69, 9.17) is 19.2 Å². The second-order valence-electron chi connectivity index (χ2n) is 14.9. The van der Waals surface area contributed by atoms with Crippen molar-refractivity contribution in [3.63, 3.8) is 0 Å². The molecule has 4 aliphatic heterocycles. The van der Waals surface area contributed by atoms with Crippen molar-refractivity contribution in [2.75, 3.05) is 0 Å². The molecular weight excluding hydrogens is 697 g/mol. The molecule has 0 bridgehead atoms. The Balaban J connectivity index is 0.000000105. The number of aromatic nitrogens is 3. The van der Waals surface area contributed by atoms with Gasteiger partial charge in [-0.25, -0.2) is 4.98 Å². The van der Waals surface area contributed by atoms with Crippen molar-refractivity contribution < 1.29 is 19.0 Å². The molecular formula is C48H50N4O4. The number of pyridine rings is 3. The summed E-state index contributed by atoms with van der Waals surface area (Å²) in [6.45, 7) is 8.38. The standard InChI is InChI=1S/C12H13NO2.C12H13NO.C12H11NO.C12H13N/c1-2-3-6-4-5-7-8(13-6)10-12(15-10)11-9(7)14-11;1-2-5-10-12-11(14-12)8-6-3-4-7-9(8)13-10;1-2-12(14)11-8-7-9-5-3-4-6-10(9)13-11;1-2-5-11-9-8-10-6-3-4-7-12(10)13-11/h4-5,9-12H,2-3H2,1H3;3-4,6-7,11-12H,2,5H2,1H3;3-8H,2H2,1H3;3-4,6-9H,2,5H2,1H3. The van der Waals surface area contributed by atoms with E-state index in [1.807, 2.05) is 55.5 Å². The lowest BCUT2D eigenvalue weighted by Crippen LogP contribution is -2.10. The van der Waals surface area contributed by atoms with Crippen molar-refractivity contribution in [3.8, 4) is 0 Å². The number of rotatable bonds is 8. The molecule has 6 atom stereocenters. The van der Waals surface area contributed by atoms with E-state index in [0.29, 0.717) is 36.5 Å². The fourth-order valence-electron chi connectivity index (χ4n) is 7.62. The molecule has 0 amide bonds. The summed E-state index contributed by atoms with van der Waals surface area (Å²) in [5.41, 5.74) is 10.9. The van der Waals surface area contributed by atoms with Gasteiger partial charge >= 0.3 is 0 Å². The van der Waals surface area contributed by atoms with Crippen LogP contribution in [0, 0.1) is 0 Å². The summed E-state index contributed by atoms with van der Waals surface area (Å²) in [5, 5.41) is 2.29. The number of carbonyl (C=O) groups excluding carboxylic acids is 1. The highest BCUT2D eigenvalue weighted by Gasteiger charge is 2.64. The van der Waals surface area contributed by atoms with Crippen LogP contribution in [0.2, 0.25) is 0 Å². The highest BCUT2D eigenvalue weighted by molar-refractivity contribution is 5.96. The van der Waals surface area contributed by atoms with E-state index in [2.05, 4.69) is 90.3 Å². The van der Waals surface area contributed by atoms with Gasteiger partial charge in [-0.05, 0) is 55.7 Å². The maximum absolute atomic E-state index is 11.4. The molecule has 3 aromatic heterocycles. The fraction of sp³-hybridized carbons (Fsp3) is 0.354. The third kappa shape index (κ3) is 8.33. The van der Waals surface area contributed by atoms with Crippen molar-refractivity contribution in [3.05, 3.63) is 143 Å². The largest absolute Gasteiger partial charge is 0.361 e. The average molecular weight is 747 g/mol. The van der Waals surface area contributed by atoms with E-state index >= 15 is 0 Å². The van der Waals surface area contributed by atoms with E-state index < -0.39 is 0 Å². The number of carbonyl (C=O) groups is 1. The molecule has 0 N–H and O–H groups in total. The smallest absolute Gasteiger partial charge is 0.180 e. The maximum atomic E-state index is 11.4. The minimum Gasteiger partial charge on any atom is -0.361 e. The molecule has 6 aromatic rings. The van der Waals surface area contributed by atoms with Crippen LogP contribution in [0.25, 0.3) is 21.8 Å². The van der Waals surface area contributed by atoms with Crippen LogP contribution in [-0.2, 0) is 27.1 Å². The summed E-state index contributed by atoms with van der Waals surface area (Å²) in [4.78, 5) is 29.6. The van der Waals surface area contributed by atoms with E-state index in [9.17, 15) is 4.79 Å². The Bertz CT molecular complexity index is 2380. The van der Waals surface area contributed by atoms with E-state index in [1.54, 1.807) is 6.07 Å². The Hall–Kier alpha value is -5.15. The first-order valence-electron chi connectivity index (χ1n) is 20.4. The van der Waals surface area contributed by atoms with Crippen LogP contribution in [0.1, 0.15) is 117 Å². The van der Waals surface area contributed by atoms with Crippen LogP contribution in [0.3, 0.4) is 0 Å². The van der Waals surface area contributed by atoms with Crippen molar-refractivity contribution in [1.82, 2.24) is 15.0 Å². The van der Waals surface area contributed by atoms with Gasteiger partial charge in [0.2, 0.25) is 0 Å². The molecule has 11 rings (SSSR count). The monoisotopic (exact) mass is 746 g/mol. The first kappa shape index (κ1) is 37.8. The van der Waals surface area contributed by atoms with Crippen LogP contribution in [0.15, 0.2) is 114 Å². The summed E-state index contributed by atoms with van der Waals surface area (Å²) < 4.78 is 16.8. The minimum absolute atomic E-state index is 0.0933. The normalized spacial score (nSPS) is 22.4. The number of epoxide rings is 3. The molecule has 286 valence electrons. The van der Waals surface area contributed by atoms with Gasteiger partial charge in [-0.3, -0.25) is 19.8 Å². The van der Waals surface area contributed by atoms with Crippen LogP contribution in [0.4, 0.5) is 5.69 Å². The lowest BCUT2D eigenvalue weighted by atomic mass is 9.95. The van der Waals surface area contributed by atoms with E-state index in [0.717, 1.165) is 66.3 Å². The zero-order chi connectivity index (χ0) is 38.6. The zero-order valence-corrected chi connectivity index (χ0v) is 32.7. The van der Waals surface area contributed by atoms with Crippen LogP contribution in [-0.4, -0.2) is 44.8 Å². The summed E-state index contributed by atoms with van der Waals surface area (Å²) in [6.07, 6.45) is 8.92. The van der Waals surface area contributed by atoms with Gasteiger partial charge < -0.3 is 14.2 Å². The molecule has 0 spiro atoms. The molecule has 56 heavy (non-hydrogen) atoms. The van der Waals surface area contributed by atoms with Crippen molar-refractivity contribution in [1.29, 1.82) is 0 Å². The number of ketones is 1. The molecule has 0 saturated carbocycles.